The molecule has 0 saturated heterocycles. The van der Waals surface area contributed by atoms with Crippen molar-refractivity contribution in [2.24, 2.45) is 5.73 Å². The van der Waals surface area contributed by atoms with Gasteiger partial charge < -0.3 is 5.73 Å². The van der Waals surface area contributed by atoms with Crippen LogP contribution in [0.3, 0.4) is 0 Å². The van der Waals surface area contributed by atoms with Crippen LogP contribution in [0.4, 0.5) is 0 Å². The highest BCUT2D eigenvalue weighted by Crippen LogP contribution is 2.14. The lowest BCUT2D eigenvalue weighted by atomic mass is 10.4. The predicted octanol–water partition coefficient (Wildman–Crippen LogP) is 0.492. The number of primary amides is 1. The van der Waals surface area contributed by atoms with Crippen molar-refractivity contribution in [1.82, 2.24) is 4.72 Å². The quantitative estimate of drug-likeness (QED) is 0.828. The highest BCUT2D eigenvalue weighted by atomic mass is 35.5. The van der Waals surface area contributed by atoms with Gasteiger partial charge in [-0.25, -0.2) is 8.42 Å². The molecule has 0 aliphatic heterocycles. The summed E-state index contributed by atoms with van der Waals surface area (Å²) in [5, 5.41) is 0.432. The molecule has 0 radical (unpaired) electrons. The molecular formula is C9H11ClN2O3S. The minimum atomic E-state index is -3.73. The van der Waals surface area contributed by atoms with Gasteiger partial charge in [0.15, 0.2) is 0 Å². The number of benzene rings is 1. The maximum absolute atomic E-state index is 11.7. The number of hydrogen-bond acceptors (Lipinski definition) is 3. The van der Waals surface area contributed by atoms with Gasteiger partial charge in [0.25, 0.3) is 0 Å². The van der Waals surface area contributed by atoms with E-state index in [1.54, 1.807) is 0 Å². The number of hydrogen-bond donors (Lipinski definition) is 2. The molecule has 1 aromatic carbocycles. The zero-order valence-corrected chi connectivity index (χ0v) is 10.0. The van der Waals surface area contributed by atoms with E-state index in [1.165, 1.54) is 31.2 Å². The van der Waals surface area contributed by atoms with Crippen LogP contribution in [0.2, 0.25) is 5.02 Å². The molecule has 0 aromatic heterocycles. The van der Waals surface area contributed by atoms with E-state index >= 15 is 0 Å². The van der Waals surface area contributed by atoms with Crippen LogP contribution in [0, 0.1) is 0 Å². The van der Waals surface area contributed by atoms with Crippen molar-refractivity contribution in [2.45, 2.75) is 17.9 Å². The van der Waals surface area contributed by atoms with Crippen molar-refractivity contribution < 1.29 is 13.2 Å². The van der Waals surface area contributed by atoms with Crippen LogP contribution in [0.25, 0.3) is 0 Å². The largest absolute Gasteiger partial charge is 0.368 e. The summed E-state index contributed by atoms with van der Waals surface area (Å²) in [7, 11) is -3.73. The third-order valence-corrected chi connectivity index (χ3v) is 3.69. The number of carbonyl (C=O) groups is 1. The van der Waals surface area contributed by atoms with Crippen LogP contribution in [-0.2, 0) is 14.8 Å². The highest BCUT2D eigenvalue weighted by Gasteiger charge is 2.19. The van der Waals surface area contributed by atoms with E-state index < -0.39 is 22.0 Å². The summed E-state index contributed by atoms with van der Waals surface area (Å²) in [6, 6.07) is 4.63. The molecule has 1 rings (SSSR count). The molecule has 0 heterocycles. The molecule has 0 bridgehead atoms. The Labute approximate surface area is 98.6 Å². The molecule has 16 heavy (non-hydrogen) atoms. The number of nitrogens with two attached hydrogens (primary N) is 1. The summed E-state index contributed by atoms with van der Waals surface area (Å²) in [4.78, 5) is 10.8. The summed E-state index contributed by atoms with van der Waals surface area (Å²) < 4.78 is 25.5. The molecule has 1 aromatic rings. The molecule has 5 nitrogen and oxygen atoms in total. The lowest BCUT2D eigenvalue weighted by molar-refractivity contribution is -0.119. The van der Waals surface area contributed by atoms with Gasteiger partial charge in [0, 0.05) is 5.02 Å². The van der Waals surface area contributed by atoms with Crippen LogP contribution < -0.4 is 10.5 Å². The Kier molecular flexibility index (Phi) is 3.90. The first-order valence-corrected chi connectivity index (χ1v) is 6.26. The number of halogens is 1. The monoisotopic (exact) mass is 262 g/mol. The molecule has 88 valence electrons. The van der Waals surface area contributed by atoms with Crippen LogP contribution >= 0.6 is 11.6 Å². The van der Waals surface area contributed by atoms with Gasteiger partial charge in [0.05, 0.1) is 10.9 Å². The minimum absolute atomic E-state index is 0.0324. The zero-order valence-electron chi connectivity index (χ0n) is 8.48. The van der Waals surface area contributed by atoms with Gasteiger partial charge in [0.2, 0.25) is 15.9 Å². The van der Waals surface area contributed by atoms with Crippen molar-refractivity contribution in [3.05, 3.63) is 29.3 Å². The number of sulfonamides is 1. The van der Waals surface area contributed by atoms with Gasteiger partial charge >= 0.3 is 0 Å². The number of rotatable bonds is 4. The third kappa shape index (κ3) is 3.19. The molecule has 0 saturated carbocycles. The Morgan fingerprint density at radius 1 is 1.38 bits per heavy atom. The van der Waals surface area contributed by atoms with Crippen molar-refractivity contribution >= 4 is 27.5 Å². The van der Waals surface area contributed by atoms with Crippen LogP contribution in [0.15, 0.2) is 29.2 Å². The van der Waals surface area contributed by atoms with E-state index in [-0.39, 0.29) is 4.90 Å². The van der Waals surface area contributed by atoms with Gasteiger partial charge in [0.1, 0.15) is 0 Å². The SMILES string of the molecule is C[C@H](NS(=O)(=O)c1ccc(Cl)cc1)C(N)=O. The standard InChI is InChI=1S/C9H11ClN2O3S/c1-6(9(11)13)12-16(14,15)8-4-2-7(10)3-5-8/h2-6,12H,1H3,(H2,11,13)/t6-/m0/s1. The Morgan fingerprint density at radius 3 is 2.31 bits per heavy atom. The van der Waals surface area contributed by atoms with Gasteiger partial charge in [-0.15, -0.1) is 0 Å². The van der Waals surface area contributed by atoms with Crippen molar-refractivity contribution in [1.29, 1.82) is 0 Å². The second kappa shape index (κ2) is 4.82. The lowest BCUT2D eigenvalue weighted by Crippen LogP contribution is -2.42. The van der Waals surface area contributed by atoms with Gasteiger partial charge in [-0.3, -0.25) is 4.79 Å². The van der Waals surface area contributed by atoms with Gasteiger partial charge in [-0.2, -0.15) is 4.72 Å². The second-order valence-corrected chi connectivity index (χ2v) is 5.35. The Hall–Kier alpha value is -1.11. The minimum Gasteiger partial charge on any atom is -0.368 e. The van der Waals surface area contributed by atoms with Crippen LogP contribution in [0.1, 0.15) is 6.92 Å². The van der Waals surface area contributed by atoms with Crippen molar-refractivity contribution in [2.75, 3.05) is 0 Å². The van der Waals surface area contributed by atoms with E-state index in [4.69, 9.17) is 17.3 Å². The number of amides is 1. The summed E-state index contributed by atoms with van der Waals surface area (Å²) in [5.74, 6) is -0.738. The average Bonchev–Trinajstić information content (AvgIpc) is 2.17. The smallest absolute Gasteiger partial charge is 0.241 e. The molecule has 1 amide bonds. The topological polar surface area (TPSA) is 89.3 Å². The summed E-state index contributed by atoms with van der Waals surface area (Å²) in [6.07, 6.45) is 0. The molecule has 0 fully saturated rings. The van der Waals surface area contributed by atoms with Crippen LogP contribution in [0.5, 0.6) is 0 Å². The molecule has 0 aliphatic rings. The zero-order chi connectivity index (χ0) is 12.3. The molecule has 0 unspecified atom stereocenters. The van der Waals surface area contributed by atoms with E-state index in [9.17, 15) is 13.2 Å². The van der Waals surface area contributed by atoms with Crippen molar-refractivity contribution in [3.8, 4) is 0 Å². The van der Waals surface area contributed by atoms with E-state index in [0.717, 1.165) is 0 Å². The van der Waals surface area contributed by atoms with Gasteiger partial charge in [-0.1, -0.05) is 11.6 Å². The third-order valence-electron chi connectivity index (χ3n) is 1.88. The number of nitrogens with one attached hydrogen (secondary N) is 1. The lowest BCUT2D eigenvalue weighted by Gasteiger charge is -2.10. The van der Waals surface area contributed by atoms with Gasteiger partial charge in [-0.05, 0) is 31.2 Å². The molecule has 0 aliphatic carbocycles. The predicted molar refractivity (Wildman–Crippen MR) is 60.4 cm³/mol. The Morgan fingerprint density at radius 2 is 1.88 bits per heavy atom. The molecule has 1 atom stereocenters. The van der Waals surface area contributed by atoms with E-state index in [0.29, 0.717) is 5.02 Å². The van der Waals surface area contributed by atoms with Crippen molar-refractivity contribution in [3.63, 3.8) is 0 Å². The van der Waals surface area contributed by atoms with E-state index in [2.05, 4.69) is 4.72 Å². The highest BCUT2D eigenvalue weighted by molar-refractivity contribution is 7.89. The summed E-state index contributed by atoms with van der Waals surface area (Å²) >= 11 is 5.63. The first kappa shape index (κ1) is 13.0. The fraction of sp³-hybridized carbons (Fsp3) is 0.222. The first-order chi connectivity index (χ1) is 7.33. The Balaban J connectivity index is 2.94. The molecule has 3 N–H and O–H groups in total. The molecule has 7 heteroatoms. The second-order valence-electron chi connectivity index (χ2n) is 3.20. The fourth-order valence-corrected chi connectivity index (χ4v) is 2.31. The first-order valence-electron chi connectivity index (χ1n) is 4.40. The normalized spacial score (nSPS) is 13.4. The summed E-state index contributed by atoms with van der Waals surface area (Å²) in [5.41, 5.74) is 4.96. The molecular weight excluding hydrogens is 252 g/mol. The average molecular weight is 263 g/mol. The maximum Gasteiger partial charge on any atom is 0.241 e. The maximum atomic E-state index is 11.7. The Bertz CT molecular complexity index is 484. The van der Waals surface area contributed by atoms with Crippen LogP contribution in [-0.4, -0.2) is 20.4 Å². The fourth-order valence-electron chi connectivity index (χ4n) is 0.973. The molecule has 0 spiro atoms. The number of carbonyl (C=O) groups excluding carboxylic acids is 1. The van der Waals surface area contributed by atoms with E-state index in [1.807, 2.05) is 0 Å². The summed E-state index contributed by atoms with van der Waals surface area (Å²) in [6.45, 7) is 1.37.